The first-order chi connectivity index (χ1) is 12.2. The van der Waals surface area contributed by atoms with Crippen LogP contribution >= 0.6 is 11.3 Å². The fourth-order valence-electron chi connectivity index (χ4n) is 4.12. The van der Waals surface area contributed by atoms with Gasteiger partial charge in [0.25, 0.3) is 0 Å². The summed E-state index contributed by atoms with van der Waals surface area (Å²) in [5.74, 6) is 1.40. The van der Waals surface area contributed by atoms with Gasteiger partial charge in [-0.1, -0.05) is 0 Å². The van der Waals surface area contributed by atoms with Gasteiger partial charge in [-0.2, -0.15) is 5.26 Å². The fourth-order valence-corrected chi connectivity index (χ4v) is 5.01. The van der Waals surface area contributed by atoms with E-state index >= 15 is 0 Å². The van der Waals surface area contributed by atoms with Crippen molar-refractivity contribution < 1.29 is 5.11 Å². The van der Waals surface area contributed by atoms with Crippen LogP contribution in [0.3, 0.4) is 0 Å². The molecule has 1 saturated carbocycles. The van der Waals surface area contributed by atoms with Gasteiger partial charge in [-0.15, -0.1) is 11.3 Å². The molecule has 0 aromatic carbocycles. The molecule has 3 aromatic rings. The molecule has 1 atom stereocenters. The Labute approximate surface area is 150 Å². The Kier molecular flexibility index (Phi) is 4.45. The number of imidazole rings is 1. The van der Waals surface area contributed by atoms with Crippen LogP contribution in [0.4, 0.5) is 0 Å². The predicted molar refractivity (Wildman–Crippen MR) is 99.4 cm³/mol. The van der Waals surface area contributed by atoms with Crippen molar-refractivity contribution in [1.29, 1.82) is 5.26 Å². The summed E-state index contributed by atoms with van der Waals surface area (Å²) >= 11 is 1.69. The van der Waals surface area contributed by atoms with Crippen molar-refractivity contribution in [1.82, 2.24) is 14.5 Å². The van der Waals surface area contributed by atoms with E-state index in [9.17, 15) is 5.11 Å². The zero-order chi connectivity index (χ0) is 17.4. The molecule has 0 bridgehead atoms. The highest BCUT2D eigenvalue weighted by Crippen LogP contribution is 2.40. The summed E-state index contributed by atoms with van der Waals surface area (Å²) in [4.78, 5) is 9.20. The summed E-state index contributed by atoms with van der Waals surface area (Å²) in [6, 6.07) is 4.67. The number of fused-ring (bicyclic) bond motifs is 3. The minimum atomic E-state index is -0.598. The van der Waals surface area contributed by atoms with Gasteiger partial charge in [0.05, 0.1) is 28.0 Å². The second-order valence-electron chi connectivity index (χ2n) is 7.01. The summed E-state index contributed by atoms with van der Waals surface area (Å²) in [6.07, 6.45) is 7.34. The Morgan fingerprint density at radius 3 is 2.88 bits per heavy atom. The smallest absolute Gasteiger partial charge is 0.138 e. The molecule has 1 aliphatic rings. The maximum Gasteiger partial charge on any atom is 0.138 e. The molecular formula is C19H22N4OS. The monoisotopic (exact) mass is 354 g/mol. The SMILES string of the molecule is CC(O)c1nc2cnc3ccsc3c2n1C1CCC(CCC#N)CC1. The molecule has 0 radical (unpaired) electrons. The zero-order valence-electron chi connectivity index (χ0n) is 14.4. The third-order valence-electron chi connectivity index (χ3n) is 5.37. The molecule has 3 aromatic heterocycles. The van der Waals surface area contributed by atoms with Gasteiger partial charge in [0, 0.05) is 12.5 Å². The first kappa shape index (κ1) is 16.5. The van der Waals surface area contributed by atoms with E-state index in [0.717, 1.165) is 59.2 Å². The number of rotatable bonds is 4. The van der Waals surface area contributed by atoms with Crippen molar-refractivity contribution in [3.05, 3.63) is 23.5 Å². The van der Waals surface area contributed by atoms with E-state index < -0.39 is 6.10 Å². The lowest BCUT2D eigenvalue weighted by Crippen LogP contribution is -2.20. The molecule has 0 amide bonds. The lowest BCUT2D eigenvalue weighted by molar-refractivity contribution is 0.174. The van der Waals surface area contributed by atoms with Crippen LogP contribution in [0, 0.1) is 17.2 Å². The van der Waals surface area contributed by atoms with E-state index in [2.05, 4.69) is 21.0 Å². The average molecular weight is 354 g/mol. The number of hydrogen-bond donors (Lipinski definition) is 1. The first-order valence-corrected chi connectivity index (χ1v) is 9.86. The van der Waals surface area contributed by atoms with Crippen molar-refractivity contribution in [2.24, 2.45) is 5.92 Å². The maximum atomic E-state index is 10.3. The summed E-state index contributed by atoms with van der Waals surface area (Å²) in [7, 11) is 0. The molecule has 5 nitrogen and oxygen atoms in total. The van der Waals surface area contributed by atoms with Crippen LogP contribution < -0.4 is 0 Å². The topological polar surface area (TPSA) is 74.7 Å². The van der Waals surface area contributed by atoms with Gasteiger partial charge in [0.15, 0.2) is 0 Å². The van der Waals surface area contributed by atoms with Crippen molar-refractivity contribution in [3.63, 3.8) is 0 Å². The van der Waals surface area contributed by atoms with Crippen LogP contribution in [0.1, 0.15) is 63.4 Å². The standard InChI is InChI=1S/C19H22N4OS/c1-12(24)19-22-16-11-21-15-8-10-25-18(15)17(16)23(19)14-6-4-13(5-7-14)3-2-9-20/h8,10-14,24H,2-7H2,1H3. The van der Waals surface area contributed by atoms with E-state index in [1.807, 2.05) is 12.3 Å². The molecule has 0 saturated heterocycles. The van der Waals surface area contributed by atoms with Gasteiger partial charge in [-0.3, -0.25) is 4.98 Å². The normalized spacial score (nSPS) is 22.3. The molecule has 1 aliphatic carbocycles. The van der Waals surface area contributed by atoms with Crippen LogP contribution in [0.15, 0.2) is 17.6 Å². The highest BCUT2D eigenvalue weighted by atomic mass is 32.1. The van der Waals surface area contributed by atoms with Gasteiger partial charge in [-0.25, -0.2) is 4.98 Å². The van der Waals surface area contributed by atoms with Crippen molar-refractivity contribution in [2.75, 3.05) is 0 Å². The Morgan fingerprint density at radius 1 is 1.36 bits per heavy atom. The van der Waals surface area contributed by atoms with Gasteiger partial charge in [-0.05, 0) is 56.4 Å². The molecule has 0 spiro atoms. The van der Waals surface area contributed by atoms with Crippen LogP contribution in [0.5, 0.6) is 0 Å². The van der Waals surface area contributed by atoms with Gasteiger partial charge < -0.3 is 9.67 Å². The molecule has 1 fully saturated rings. The van der Waals surface area contributed by atoms with Crippen LogP contribution in [0.25, 0.3) is 21.3 Å². The number of aliphatic hydroxyl groups excluding tert-OH is 1. The maximum absolute atomic E-state index is 10.3. The number of pyridine rings is 1. The minimum Gasteiger partial charge on any atom is -0.385 e. The van der Waals surface area contributed by atoms with Gasteiger partial charge in [0.2, 0.25) is 0 Å². The van der Waals surface area contributed by atoms with E-state index in [0.29, 0.717) is 18.4 Å². The molecule has 4 rings (SSSR count). The summed E-state index contributed by atoms with van der Waals surface area (Å²) in [6.45, 7) is 1.79. The third kappa shape index (κ3) is 2.92. The predicted octanol–water partition coefficient (Wildman–Crippen LogP) is 4.73. The minimum absolute atomic E-state index is 0.362. The van der Waals surface area contributed by atoms with E-state index in [1.165, 1.54) is 0 Å². The number of nitrogens with zero attached hydrogens (tertiary/aromatic N) is 4. The highest BCUT2D eigenvalue weighted by molar-refractivity contribution is 7.18. The molecule has 130 valence electrons. The van der Waals surface area contributed by atoms with Crippen LogP contribution in [0.2, 0.25) is 0 Å². The molecule has 3 heterocycles. The van der Waals surface area contributed by atoms with Crippen LogP contribution in [-0.4, -0.2) is 19.6 Å². The van der Waals surface area contributed by atoms with Crippen LogP contribution in [-0.2, 0) is 0 Å². The van der Waals surface area contributed by atoms with E-state index in [1.54, 1.807) is 18.3 Å². The molecule has 6 heteroatoms. The molecule has 25 heavy (non-hydrogen) atoms. The fraction of sp³-hybridized carbons (Fsp3) is 0.526. The average Bonchev–Trinajstić information content (AvgIpc) is 3.24. The number of aromatic nitrogens is 3. The Morgan fingerprint density at radius 2 is 2.16 bits per heavy atom. The summed E-state index contributed by atoms with van der Waals surface area (Å²) in [5, 5.41) is 21.2. The Hall–Kier alpha value is -1.97. The number of thiophene rings is 1. The van der Waals surface area contributed by atoms with E-state index in [-0.39, 0.29) is 0 Å². The lowest BCUT2D eigenvalue weighted by Gasteiger charge is -2.31. The second-order valence-corrected chi connectivity index (χ2v) is 7.93. The van der Waals surface area contributed by atoms with Gasteiger partial charge in [0.1, 0.15) is 17.4 Å². The van der Waals surface area contributed by atoms with Crippen molar-refractivity contribution in [3.8, 4) is 6.07 Å². The third-order valence-corrected chi connectivity index (χ3v) is 6.28. The second kappa shape index (κ2) is 6.74. The number of hydrogen-bond acceptors (Lipinski definition) is 5. The van der Waals surface area contributed by atoms with Gasteiger partial charge >= 0.3 is 0 Å². The van der Waals surface area contributed by atoms with Crippen molar-refractivity contribution >= 4 is 32.6 Å². The Balaban J connectivity index is 1.74. The number of nitriles is 1. The molecule has 0 aliphatic heterocycles. The summed E-state index contributed by atoms with van der Waals surface area (Å²) < 4.78 is 3.43. The summed E-state index contributed by atoms with van der Waals surface area (Å²) in [5.41, 5.74) is 2.99. The molecule has 1 unspecified atom stereocenters. The lowest BCUT2D eigenvalue weighted by atomic mass is 9.83. The van der Waals surface area contributed by atoms with Crippen molar-refractivity contribution in [2.45, 2.75) is 57.6 Å². The number of aliphatic hydroxyl groups is 1. The first-order valence-electron chi connectivity index (χ1n) is 8.98. The zero-order valence-corrected chi connectivity index (χ0v) is 15.2. The molecule has 1 N–H and O–H groups in total. The largest absolute Gasteiger partial charge is 0.385 e. The van der Waals surface area contributed by atoms with E-state index in [4.69, 9.17) is 10.2 Å². The Bertz CT molecular complexity index is 928. The highest BCUT2D eigenvalue weighted by Gasteiger charge is 2.28. The molecular weight excluding hydrogens is 332 g/mol. The quantitative estimate of drug-likeness (QED) is 0.734.